The highest BCUT2D eigenvalue weighted by molar-refractivity contribution is 7.15. The monoisotopic (exact) mass is 337 g/mol. The predicted molar refractivity (Wildman–Crippen MR) is 76.8 cm³/mol. The Bertz CT molecular complexity index is 513. The van der Waals surface area contributed by atoms with Crippen molar-refractivity contribution >= 4 is 22.4 Å². The van der Waals surface area contributed by atoms with Crippen LogP contribution in [0.25, 0.3) is 0 Å². The van der Waals surface area contributed by atoms with Crippen LogP contribution in [0, 0.1) is 5.92 Å². The number of amides is 1. The Morgan fingerprint density at radius 1 is 1.41 bits per heavy atom. The molecule has 0 aliphatic carbocycles. The smallest absolute Gasteiger partial charge is 0.378 e. The molecule has 1 atom stereocenters. The van der Waals surface area contributed by atoms with Gasteiger partial charge in [-0.1, -0.05) is 25.2 Å². The number of halogens is 3. The van der Waals surface area contributed by atoms with Crippen LogP contribution in [-0.4, -0.2) is 48.1 Å². The second kappa shape index (κ2) is 6.82. The summed E-state index contributed by atoms with van der Waals surface area (Å²) in [5, 5.41) is 2.95. The molecule has 1 fully saturated rings. The maximum atomic E-state index is 12.6. The van der Waals surface area contributed by atoms with Gasteiger partial charge in [0.1, 0.15) is 10.9 Å². The minimum absolute atomic E-state index is 0.0754. The summed E-state index contributed by atoms with van der Waals surface area (Å²) >= 11 is 0.507. The maximum absolute atomic E-state index is 12.6. The van der Waals surface area contributed by atoms with Crippen LogP contribution in [0.2, 0.25) is 0 Å². The number of thiazole rings is 1. The molecule has 22 heavy (non-hydrogen) atoms. The molecule has 0 spiro atoms. The van der Waals surface area contributed by atoms with Crippen molar-refractivity contribution in [3.05, 3.63) is 11.1 Å². The van der Waals surface area contributed by atoms with Crippen LogP contribution in [0.5, 0.6) is 0 Å². The molecule has 1 amide bonds. The van der Waals surface area contributed by atoms with Crippen molar-refractivity contribution in [2.75, 3.05) is 31.6 Å². The molecule has 0 radical (unpaired) electrons. The van der Waals surface area contributed by atoms with E-state index >= 15 is 0 Å². The van der Waals surface area contributed by atoms with Gasteiger partial charge in [-0.15, -0.1) is 0 Å². The van der Waals surface area contributed by atoms with Crippen molar-refractivity contribution in [2.45, 2.75) is 26.1 Å². The molecule has 1 aliphatic heterocycles. The molecule has 9 heteroatoms. The highest BCUT2D eigenvalue weighted by Gasteiger charge is 2.34. The van der Waals surface area contributed by atoms with Crippen molar-refractivity contribution in [3.8, 4) is 0 Å². The van der Waals surface area contributed by atoms with Gasteiger partial charge in [-0.3, -0.25) is 4.79 Å². The number of ether oxygens (including phenoxy) is 1. The maximum Gasteiger partial charge on any atom is 0.427 e. The molecule has 0 unspecified atom stereocenters. The van der Waals surface area contributed by atoms with Crippen molar-refractivity contribution in [1.82, 2.24) is 9.88 Å². The molecular formula is C13H18F3N3O2S. The molecule has 2 rings (SSSR count). The largest absolute Gasteiger partial charge is 0.427 e. The number of carbonyl (C=O) groups is 1. The lowest BCUT2D eigenvalue weighted by atomic mass is 10.0. The van der Waals surface area contributed by atoms with Gasteiger partial charge in [-0.2, -0.15) is 13.2 Å². The van der Waals surface area contributed by atoms with Gasteiger partial charge in [0.2, 0.25) is 5.91 Å². The molecule has 1 aromatic rings. The fourth-order valence-corrected chi connectivity index (χ4v) is 2.82. The van der Waals surface area contributed by atoms with Gasteiger partial charge in [0.25, 0.3) is 0 Å². The molecule has 1 aromatic heterocycles. The van der Waals surface area contributed by atoms with E-state index in [-0.39, 0.29) is 17.0 Å². The Hall–Kier alpha value is -1.35. The van der Waals surface area contributed by atoms with Gasteiger partial charge < -0.3 is 15.0 Å². The van der Waals surface area contributed by atoms with Crippen molar-refractivity contribution in [1.29, 1.82) is 0 Å². The fourth-order valence-electron chi connectivity index (χ4n) is 2.10. The number of nitrogens with zero attached hydrogens (tertiary/aromatic N) is 2. The Morgan fingerprint density at radius 3 is 2.55 bits per heavy atom. The van der Waals surface area contributed by atoms with E-state index in [2.05, 4.69) is 10.3 Å². The van der Waals surface area contributed by atoms with Crippen molar-refractivity contribution < 1.29 is 22.7 Å². The summed E-state index contributed by atoms with van der Waals surface area (Å²) < 4.78 is 43.0. The summed E-state index contributed by atoms with van der Waals surface area (Å²) in [6, 6.07) is -0.606. The van der Waals surface area contributed by atoms with E-state index < -0.39 is 17.1 Å². The van der Waals surface area contributed by atoms with Crippen LogP contribution in [0.15, 0.2) is 6.20 Å². The third-order valence-electron chi connectivity index (χ3n) is 3.32. The Labute approximate surface area is 130 Å². The summed E-state index contributed by atoms with van der Waals surface area (Å²) in [5.41, 5.74) is 0. The Kier molecular flexibility index (Phi) is 5.28. The van der Waals surface area contributed by atoms with E-state index in [1.807, 2.05) is 13.8 Å². The minimum atomic E-state index is -4.42. The number of rotatable bonds is 4. The normalized spacial score (nSPS) is 17.6. The quantitative estimate of drug-likeness (QED) is 0.917. The zero-order valence-electron chi connectivity index (χ0n) is 12.3. The van der Waals surface area contributed by atoms with E-state index in [0.29, 0.717) is 37.6 Å². The number of alkyl halides is 3. The summed E-state index contributed by atoms with van der Waals surface area (Å²) in [5.74, 6) is -0.212. The molecule has 5 nitrogen and oxygen atoms in total. The van der Waals surface area contributed by atoms with Crippen LogP contribution in [0.4, 0.5) is 18.3 Å². The van der Waals surface area contributed by atoms with Crippen LogP contribution >= 0.6 is 11.3 Å². The van der Waals surface area contributed by atoms with Crippen LogP contribution in [-0.2, 0) is 15.7 Å². The lowest BCUT2D eigenvalue weighted by molar-refractivity contribution is -0.137. The van der Waals surface area contributed by atoms with Gasteiger partial charge in [-0.05, 0) is 5.92 Å². The molecule has 0 saturated carbocycles. The zero-order chi connectivity index (χ0) is 16.3. The first-order valence-electron chi connectivity index (χ1n) is 6.95. The van der Waals surface area contributed by atoms with Crippen LogP contribution in [0.3, 0.4) is 0 Å². The van der Waals surface area contributed by atoms with Crippen molar-refractivity contribution in [2.24, 2.45) is 5.92 Å². The number of hydrogen-bond donors (Lipinski definition) is 1. The highest BCUT2D eigenvalue weighted by Crippen LogP contribution is 2.35. The van der Waals surface area contributed by atoms with Gasteiger partial charge in [-0.25, -0.2) is 4.98 Å². The van der Waals surface area contributed by atoms with E-state index in [0.717, 1.165) is 6.20 Å². The number of hydrogen-bond acceptors (Lipinski definition) is 5. The van der Waals surface area contributed by atoms with Gasteiger partial charge >= 0.3 is 6.18 Å². The zero-order valence-corrected chi connectivity index (χ0v) is 13.1. The molecule has 0 bridgehead atoms. The summed E-state index contributed by atoms with van der Waals surface area (Å²) in [4.78, 5) is 17.1. The van der Waals surface area contributed by atoms with E-state index in [1.165, 1.54) is 0 Å². The average molecular weight is 337 g/mol. The minimum Gasteiger partial charge on any atom is -0.378 e. The highest BCUT2D eigenvalue weighted by atomic mass is 32.1. The van der Waals surface area contributed by atoms with Crippen LogP contribution in [0.1, 0.15) is 18.7 Å². The number of aromatic nitrogens is 1. The first-order chi connectivity index (χ1) is 10.3. The second-order valence-corrected chi connectivity index (χ2v) is 6.36. The molecule has 1 saturated heterocycles. The summed E-state index contributed by atoms with van der Waals surface area (Å²) in [6.07, 6.45) is -3.64. The molecule has 0 aromatic carbocycles. The Balaban J connectivity index is 2.08. The molecule has 124 valence electrons. The average Bonchev–Trinajstić information content (AvgIpc) is 2.93. The third kappa shape index (κ3) is 4.10. The number of anilines is 1. The molecule has 1 aliphatic rings. The summed E-state index contributed by atoms with van der Waals surface area (Å²) in [6.45, 7) is 5.63. The standard InChI is InChI=1S/C13H18F3N3O2S/c1-8(2)10(11(20)19-3-5-21-6-4-19)18-12-17-7-9(22-12)13(14,15)16/h7-8,10H,3-6H2,1-2H3,(H,17,18)/t10-/m0/s1. The molecule has 1 N–H and O–H groups in total. The van der Waals surface area contributed by atoms with Gasteiger partial charge in [0.05, 0.1) is 19.4 Å². The topological polar surface area (TPSA) is 54.5 Å². The van der Waals surface area contributed by atoms with E-state index in [1.54, 1.807) is 4.90 Å². The SMILES string of the molecule is CC(C)[C@H](Nc1ncc(C(F)(F)F)s1)C(=O)N1CCOCC1. The van der Waals surface area contributed by atoms with Crippen molar-refractivity contribution in [3.63, 3.8) is 0 Å². The number of carbonyl (C=O) groups excluding carboxylic acids is 1. The third-order valence-corrected chi connectivity index (χ3v) is 4.29. The number of morpholine rings is 1. The van der Waals surface area contributed by atoms with Crippen LogP contribution < -0.4 is 5.32 Å². The van der Waals surface area contributed by atoms with Gasteiger partial charge in [0.15, 0.2) is 5.13 Å². The molecular weight excluding hydrogens is 319 g/mol. The van der Waals surface area contributed by atoms with E-state index in [4.69, 9.17) is 4.74 Å². The second-order valence-electron chi connectivity index (χ2n) is 5.33. The number of nitrogens with one attached hydrogen (secondary N) is 1. The van der Waals surface area contributed by atoms with Gasteiger partial charge in [0, 0.05) is 13.1 Å². The molecule has 2 heterocycles. The lowest BCUT2D eigenvalue weighted by Gasteiger charge is -2.32. The fraction of sp³-hybridized carbons (Fsp3) is 0.692. The Morgan fingerprint density at radius 2 is 2.05 bits per heavy atom. The lowest BCUT2D eigenvalue weighted by Crippen LogP contribution is -2.49. The first-order valence-corrected chi connectivity index (χ1v) is 7.77. The summed E-state index contributed by atoms with van der Waals surface area (Å²) in [7, 11) is 0. The first kappa shape index (κ1) is 17.0. The van der Waals surface area contributed by atoms with E-state index in [9.17, 15) is 18.0 Å². The predicted octanol–water partition coefficient (Wildman–Crippen LogP) is 2.46.